The predicted octanol–water partition coefficient (Wildman–Crippen LogP) is 0.189. The summed E-state index contributed by atoms with van der Waals surface area (Å²) >= 11 is 0. The molecule has 0 radical (unpaired) electrons. The number of amides is 1. The monoisotopic (exact) mass is 222 g/mol. The summed E-state index contributed by atoms with van der Waals surface area (Å²) in [6.45, 7) is 1.60. The van der Waals surface area contributed by atoms with Crippen molar-refractivity contribution in [1.29, 1.82) is 0 Å². The van der Waals surface area contributed by atoms with Crippen LogP contribution in [0.25, 0.3) is 0 Å². The molecule has 0 spiro atoms. The third-order valence-electron chi connectivity index (χ3n) is 2.64. The van der Waals surface area contributed by atoms with E-state index in [0.29, 0.717) is 0 Å². The predicted molar refractivity (Wildman–Crippen MR) is 58.5 cm³/mol. The lowest BCUT2D eigenvalue weighted by atomic mass is 10.1. The van der Waals surface area contributed by atoms with Crippen LogP contribution >= 0.6 is 0 Å². The van der Waals surface area contributed by atoms with Crippen LogP contribution in [0, 0.1) is 0 Å². The molecule has 0 aliphatic carbocycles. The zero-order valence-electron chi connectivity index (χ0n) is 8.73. The van der Waals surface area contributed by atoms with Crippen molar-refractivity contribution in [3.63, 3.8) is 0 Å². The molecule has 2 rings (SSSR count). The molecule has 4 N–H and O–H groups in total. The number of hydrogen-bond acceptors (Lipinski definition) is 4. The van der Waals surface area contributed by atoms with Crippen molar-refractivity contribution in [2.45, 2.75) is 12.5 Å². The lowest BCUT2D eigenvalue weighted by Gasteiger charge is -2.12. The molecule has 1 fully saturated rings. The van der Waals surface area contributed by atoms with Gasteiger partial charge in [-0.2, -0.15) is 0 Å². The largest absolute Gasteiger partial charge is 0.507 e. The molecule has 16 heavy (non-hydrogen) atoms. The Hall–Kier alpha value is -1.75. The summed E-state index contributed by atoms with van der Waals surface area (Å²) in [5, 5.41) is 24.9. The minimum atomic E-state index is -0.440. The van der Waals surface area contributed by atoms with Gasteiger partial charge in [0, 0.05) is 12.6 Å². The van der Waals surface area contributed by atoms with E-state index in [1.807, 2.05) is 0 Å². The van der Waals surface area contributed by atoms with Gasteiger partial charge in [-0.3, -0.25) is 4.79 Å². The van der Waals surface area contributed by atoms with E-state index in [2.05, 4.69) is 10.6 Å². The topological polar surface area (TPSA) is 81.6 Å². The Bertz CT molecular complexity index is 380. The van der Waals surface area contributed by atoms with Gasteiger partial charge in [0.2, 0.25) is 0 Å². The number of carbonyl (C=O) groups is 1. The van der Waals surface area contributed by atoms with Gasteiger partial charge in [0.25, 0.3) is 5.91 Å². The first-order valence-electron chi connectivity index (χ1n) is 5.21. The Morgan fingerprint density at radius 3 is 2.62 bits per heavy atom. The van der Waals surface area contributed by atoms with Gasteiger partial charge in [-0.05, 0) is 25.1 Å². The van der Waals surface area contributed by atoms with Crippen LogP contribution in [-0.4, -0.2) is 35.3 Å². The van der Waals surface area contributed by atoms with E-state index in [0.717, 1.165) is 19.5 Å². The fraction of sp³-hybridized carbons (Fsp3) is 0.364. The van der Waals surface area contributed by atoms with Gasteiger partial charge >= 0.3 is 0 Å². The lowest BCUT2D eigenvalue weighted by molar-refractivity contribution is 0.0934. The van der Waals surface area contributed by atoms with Gasteiger partial charge in [0.05, 0.1) is 0 Å². The second-order valence-electron chi connectivity index (χ2n) is 3.83. The summed E-state index contributed by atoms with van der Waals surface area (Å²) in [6, 6.07) is 4.30. The van der Waals surface area contributed by atoms with E-state index in [1.165, 1.54) is 18.2 Å². The average Bonchev–Trinajstić information content (AvgIpc) is 2.70. The highest BCUT2D eigenvalue weighted by atomic mass is 16.3. The highest BCUT2D eigenvalue weighted by Crippen LogP contribution is 2.26. The molecule has 1 amide bonds. The van der Waals surface area contributed by atoms with E-state index < -0.39 is 5.91 Å². The molecule has 0 saturated carbocycles. The van der Waals surface area contributed by atoms with Gasteiger partial charge in [0.1, 0.15) is 17.1 Å². The summed E-state index contributed by atoms with van der Waals surface area (Å²) in [6.07, 6.45) is 0.861. The maximum Gasteiger partial charge on any atom is 0.259 e. The van der Waals surface area contributed by atoms with E-state index >= 15 is 0 Å². The molecule has 1 aromatic carbocycles. The van der Waals surface area contributed by atoms with E-state index in [-0.39, 0.29) is 23.1 Å². The smallest absolute Gasteiger partial charge is 0.259 e. The van der Waals surface area contributed by atoms with Crippen LogP contribution in [0.4, 0.5) is 0 Å². The summed E-state index contributed by atoms with van der Waals surface area (Å²) in [4.78, 5) is 11.8. The van der Waals surface area contributed by atoms with Crippen molar-refractivity contribution in [2.24, 2.45) is 0 Å². The highest BCUT2D eigenvalue weighted by Gasteiger charge is 2.21. The number of rotatable bonds is 2. The van der Waals surface area contributed by atoms with Crippen molar-refractivity contribution in [1.82, 2.24) is 10.6 Å². The Balaban J connectivity index is 2.13. The number of benzene rings is 1. The van der Waals surface area contributed by atoms with E-state index in [4.69, 9.17) is 0 Å². The summed E-state index contributed by atoms with van der Waals surface area (Å²) < 4.78 is 0. The number of carbonyl (C=O) groups excluding carboxylic acids is 1. The molecule has 1 atom stereocenters. The third kappa shape index (κ3) is 2.09. The minimum absolute atomic E-state index is 0.0607. The van der Waals surface area contributed by atoms with Crippen molar-refractivity contribution in [3.05, 3.63) is 23.8 Å². The van der Waals surface area contributed by atoms with Gasteiger partial charge in [-0.15, -0.1) is 0 Å². The molecule has 5 nitrogen and oxygen atoms in total. The molecule has 1 unspecified atom stereocenters. The molecule has 1 aromatic rings. The standard InChI is InChI=1S/C11H14N2O3/c14-8-2-1-3-9(15)10(8)11(16)13-7-4-5-12-6-7/h1-3,7,12,14-15H,4-6H2,(H,13,16). The normalized spacial score (nSPS) is 19.6. The van der Waals surface area contributed by atoms with Crippen LogP contribution in [0.1, 0.15) is 16.8 Å². The van der Waals surface area contributed by atoms with E-state index in [9.17, 15) is 15.0 Å². The number of hydrogen-bond donors (Lipinski definition) is 4. The van der Waals surface area contributed by atoms with Crippen LogP contribution < -0.4 is 10.6 Å². The molecular formula is C11H14N2O3. The first kappa shape index (κ1) is 10.8. The molecule has 1 aliphatic rings. The molecule has 1 heterocycles. The van der Waals surface area contributed by atoms with Gasteiger partial charge in [-0.25, -0.2) is 0 Å². The number of phenolic OH excluding ortho intramolecular Hbond substituents is 2. The number of nitrogens with one attached hydrogen (secondary N) is 2. The van der Waals surface area contributed by atoms with Crippen LogP contribution in [0.3, 0.4) is 0 Å². The van der Waals surface area contributed by atoms with Crippen molar-refractivity contribution in [2.75, 3.05) is 13.1 Å². The summed E-state index contributed by atoms with van der Waals surface area (Å²) in [7, 11) is 0. The number of phenols is 2. The lowest BCUT2D eigenvalue weighted by Crippen LogP contribution is -2.36. The molecule has 86 valence electrons. The molecule has 5 heteroatoms. The Kier molecular flexibility index (Phi) is 2.96. The second kappa shape index (κ2) is 4.40. The fourth-order valence-corrected chi connectivity index (χ4v) is 1.80. The van der Waals surface area contributed by atoms with Crippen LogP contribution in [0.15, 0.2) is 18.2 Å². The number of aromatic hydroxyl groups is 2. The minimum Gasteiger partial charge on any atom is -0.507 e. The second-order valence-corrected chi connectivity index (χ2v) is 3.83. The van der Waals surface area contributed by atoms with Crippen LogP contribution in [-0.2, 0) is 0 Å². The average molecular weight is 222 g/mol. The zero-order chi connectivity index (χ0) is 11.5. The van der Waals surface area contributed by atoms with Crippen molar-refractivity contribution >= 4 is 5.91 Å². The Morgan fingerprint density at radius 2 is 2.06 bits per heavy atom. The third-order valence-corrected chi connectivity index (χ3v) is 2.64. The first-order chi connectivity index (χ1) is 7.68. The van der Waals surface area contributed by atoms with Gasteiger partial charge in [0.15, 0.2) is 0 Å². The Morgan fingerprint density at radius 1 is 1.38 bits per heavy atom. The highest BCUT2D eigenvalue weighted by molar-refractivity contribution is 5.99. The molecule has 1 aliphatic heterocycles. The maximum absolute atomic E-state index is 11.8. The van der Waals surface area contributed by atoms with Crippen LogP contribution in [0.2, 0.25) is 0 Å². The molecular weight excluding hydrogens is 208 g/mol. The zero-order valence-corrected chi connectivity index (χ0v) is 8.73. The molecule has 0 bridgehead atoms. The summed E-state index contributed by atoms with van der Waals surface area (Å²) in [5.41, 5.74) is -0.0607. The van der Waals surface area contributed by atoms with Gasteiger partial charge < -0.3 is 20.8 Å². The van der Waals surface area contributed by atoms with E-state index in [1.54, 1.807) is 0 Å². The molecule has 1 saturated heterocycles. The quantitative estimate of drug-likeness (QED) is 0.575. The summed E-state index contributed by atoms with van der Waals surface area (Å²) in [5.74, 6) is -0.851. The Labute approximate surface area is 93.1 Å². The van der Waals surface area contributed by atoms with Crippen LogP contribution in [0.5, 0.6) is 11.5 Å². The van der Waals surface area contributed by atoms with Crippen molar-refractivity contribution < 1.29 is 15.0 Å². The SMILES string of the molecule is O=C(NC1CCNC1)c1c(O)cccc1O. The first-order valence-corrected chi connectivity index (χ1v) is 5.21. The fourth-order valence-electron chi connectivity index (χ4n) is 1.80. The molecule has 0 aromatic heterocycles. The van der Waals surface area contributed by atoms with Gasteiger partial charge in [-0.1, -0.05) is 6.07 Å². The maximum atomic E-state index is 11.8. The van der Waals surface area contributed by atoms with Crippen molar-refractivity contribution in [3.8, 4) is 11.5 Å².